The van der Waals surface area contributed by atoms with Gasteiger partial charge in [-0.25, -0.2) is 0 Å². The molecule has 0 amide bonds. The van der Waals surface area contributed by atoms with E-state index < -0.39 is 0 Å². The Balaban J connectivity index is 1.77. The standard InChI is InChI=1S/C13H18ClNO/c14-12-4-1-10(2-5-12)8-15-13-6-3-11(7-13)9-16/h1-2,4-5,11,13,15-16H,3,6-9H2/t11-,13+/m1/s1. The van der Waals surface area contributed by atoms with Gasteiger partial charge < -0.3 is 10.4 Å². The second-order valence-electron chi connectivity index (χ2n) is 4.57. The molecule has 0 radical (unpaired) electrons. The Morgan fingerprint density at radius 2 is 2.00 bits per heavy atom. The summed E-state index contributed by atoms with van der Waals surface area (Å²) in [7, 11) is 0. The minimum Gasteiger partial charge on any atom is -0.396 e. The van der Waals surface area contributed by atoms with Crippen LogP contribution in [0.5, 0.6) is 0 Å². The first-order valence-corrected chi connectivity index (χ1v) is 6.24. The molecule has 0 unspecified atom stereocenters. The van der Waals surface area contributed by atoms with E-state index in [4.69, 9.17) is 16.7 Å². The van der Waals surface area contributed by atoms with Gasteiger partial charge in [-0.2, -0.15) is 0 Å². The van der Waals surface area contributed by atoms with Crippen molar-refractivity contribution in [1.82, 2.24) is 5.32 Å². The molecule has 16 heavy (non-hydrogen) atoms. The lowest BCUT2D eigenvalue weighted by Gasteiger charge is -2.12. The molecule has 2 rings (SSSR count). The van der Waals surface area contributed by atoms with Crippen LogP contribution in [0.2, 0.25) is 5.02 Å². The maximum Gasteiger partial charge on any atom is 0.0459 e. The lowest BCUT2D eigenvalue weighted by Crippen LogP contribution is -2.26. The van der Waals surface area contributed by atoms with Crippen molar-refractivity contribution in [2.45, 2.75) is 31.8 Å². The molecule has 1 saturated carbocycles. The third-order valence-corrected chi connectivity index (χ3v) is 3.56. The van der Waals surface area contributed by atoms with Gasteiger partial charge in [0.15, 0.2) is 0 Å². The van der Waals surface area contributed by atoms with E-state index in [1.54, 1.807) is 0 Å². The minimum absolute atomic E-state index is 0.332. The lowest BCUT2D eigenvalue weighted by atomic mass is 10.1. The van der Waals surface area contributed by atoms with Gasteiger partial charge in [0.1, 0.15) is 0 Å². The molecule has 0 bridgehead atoms. The van der Waals surface area contributed by atoms with Crippen LogP contribution in [0.4, 0.5) is 0 Å². The average Bonchev–Trinajstić information content (AvgIpc) is 2.76. The van der Waals surface area contributed by atoms with E-state index in [-0.39, 0.29) is 0 Å². The Kier molecular flexibility index (Phi) is 4.22. The summed E-state index contributed by atoms with van der Waals surface area (Å²) in [5.74, 6) is 0.503. The Hall–Kier alpha value is -0.570. The summed E-state index contributed by atoms with van der Waals surface area (Å²) in [6, 6.07) is 8.50. The number of nitrogens with one attached hydrogen (secondary N) is 1. The Morgan fingerprint density at radius 1 is 1.25 bits per heavy atom. The molecule has 1 aliphatic rings. The quantitative estimate of drug-likeness (QED) is 0.847. The van der Waals surface area contributed by atoms with Gasteiger partial charge in [-0.1, -0.05) is 23.7 Å². The summed E-state index contributed by atoms with van der Waals surface area (Å²) in [5.41, 5.74) is 1.26. The number of aliphatic hydroxyl groups is 1. The van der Waals surface area contributed by atoms with Crippen molar-refractivity contribution in [2.75, 3.05) is 6.61 Å². The van der Waals surface area contributed by atoms with Crippen LogP contribution in [-0.4, -0.2) is 17.8 Å². The van der Waals surface area contributed by atoms with Crippen LogP contribution in [0, 0.1) is 5.92 Å². The molecule has 0 aromatic heterocycles. The molecule has 2 N–H and O–H groups in total. The fourth-order valence-corrected chi connectivity index (χ4v) is 2.42. The van der Waals surface area contributed by atoms with Crippen LogP contribution in [0.15, 0.2) is 24.3 Å². The highest BCUT2D eigenvalue weighted by Crippen LogP contribution is 2.25. The van der Waals surface area contributed by atoms with Gasteiger partial charge in [-0.3, -0.25) is 0 Å². The molecule has 88 valence electrons. The molecule has 3 heteroatoms. The Morgan fingerprint density at radius 3 is 2.62 bits per heavy atom. The number of halogens is 1. The van der Waals surface area contributed by atoms with E-state index in [0.29, 0.717) is 18.6 Å². The number of benzene rings is 1. The molecular formula is C13H18ClNO. The Bertz CT molecular complexity index is 325. The first kappa shape index (κ1) is 11.9. The molecular weight excluding hydrogens is 222 g/mol. The molecule has 2 atom stereocenters. The molecule has 0 aliphatic heterocycles. The minimum atomic E-state index is 0.332. The highest BCUT2D eigenvalue weighted by molar-refractivity contribution is 6.30. The summed E-state index contributed by atoms with van der Waals surface area (Å²) in [5, 5.41) is 13.4. The summed E-state index contributed by atoms with van der Waals surface area (Å²) < 4.78 is 0. The van der Waals surface area contributed by atoms with Gasteiger partial charge in [-0.15, -0.1) is 0 Å². The molecule has 0 saturated heterocycles. The number of aliphatic hydroxyl groups excluding tert-OH is 1. The van der Waals surface area contributed by atoms with Crippen LogP contribution in [0.1, 0.15) is 24.8 Å². The van der Waals surface area contributed by atoms with Crippen LogP contribution in [0.3, 0.4) is 0 Å². The van der Waals surface area contributed by atoms with E-state index >= 15 is 0 Å². The predicted molar refractivity (Wildman–Crippen MR) is 66.5 cm³/mol. The summed E-state index contributed by atoms with van der Waals surface area (Å²) in [6.07, 6.45) is 3.43. The number of hydrogen-bond acceptors (Lipinski definition) is 2. The van der Waals surface area contributed by atoms with Crippen molar-refractivity contribution < 1.29 is 5.11 Å². The average molecular weight is 240 g/mol. The SMILES string of the molecule is OC[C@@H]1CC[C@H](NCc2ccc(Cl)cc2)C1. The van der Waals surface area contributed by atoms with Crippen molar-refractivity contribution in [3.63, 3.8) is 0 Å². The molecule has 2 nitrogen and oxygen atoms in total. The van der Waals surface area contributed by atoms with E-state index in [1.807, 2.05) is 24.3 Å². The van der Waals surface area contributed by atoms with Crippen LogP contribution in [0.25, 0.3) is 0 Å². The van der Waals surface area contributed by atoms with E-state index in [1.165, 1.54) is 12.0 Å². The van der Waals surface area contributed by atoms with Crippen molar-refractivity contribution in [1.29, 1.82) is 0 Å². The third kappa shape index (κ3) is 3.21. The zero-order chi connectivity index (χ0) is 11.4. The lowest BCUT2D eigenvalue weighted by molar-refractivity contribution is 0.227. The first-order chi connectivity index (χ1) is 7.78. The topological polar surface area (TPSA) is 32.3 Å². The summed E-state index contributed by atoms with van der Waals surface area (Å²) >= 11 is 5.83. The van der Waals surface area contributed by atoms with Crippen molar-refractivity contribution in [3.05, 3.63) is 34.9 Å². The van der Waals surface area contributed by atoms with E-state index in [0.717, 1.165) is 24.4 Å². The van der Waals surface area contributed by atoms with Gasteiger partial charge in [0, 0.05) is 24.2 Å². The van der Waals surface area contributed by atoms with Gasteiger partial charge in [0.05, 0.1) is 0 Å². The third-order valence-electron chi connectivity index (χ3n) is 3.31. The number of rotatable bonds is 4. The van der Waals surface area contributed by atoms with Gasteiger partial charge in [0.25, 0.3) is 0 Å². The summed E-state index contributed by atoms with van der Waals surface area (Å²) in [6.45, 7) is 1.22. The van der Waals surface area contributed by atoms with Gasteiger partial charge in [-0.05, 0) is 42.9 Å². The predicted octanol–water partition coefficient (Wildman–Crippen LogP) is 2.59. The first-order valence-electron chi connectivity index (χ1n) is 5.86. The molecule has 0 heterocycles. The monoisotopic (exact) mass is 239 g/mol. The largest absolute Gasteiger partial charge is 0.396 e. The van der Waals surface area contributed by atoms with Crippen molar-refractivity contribution in [2.24, 2.45) is 5.92 Å². The highest BCUT2D eigenvalue weighted by atomic mass is 35.5. The zero-order valence-electron chi connectivity index (χ0n) is 9.32. The molecule has 1 fully saturated rings. The van der Waals surface area contributed by atoms with Crippen LogP contribution >= 0.6 is 11.6 Å². The smallest absolute Gasteiger partial charge is 0.0459 e. The number of hydrogen-bond donors (Lipinski definition) is 2. The second-order valence-corrected chi connectivity index (χ2v) is 5.00. The maximum atomic E-state index is 9.06. The van der Waals surface area contributed by atoms with E-state index in [9.17, 15) is 0 Å². The van der Waals surface area contributed by atoms with Crippen molar-refractivity contribution in [3.8, 4) is 0 Å². The fraction of sp³-hybridized carbons (Fsp3) is 0.538. The second kappa shape index (κ2) is 5.67. The highest BCUT2D eigenvalue weighted by Gasteiger charge is 2.23. The van der Waals surface area contributed by atoms with Crippen LogP contribution in [-0.2, 0) is 6.54 Å². The zero-order valence-corrected chi connectivity index (χ0v) is 10.1. The van der Waals surface area contributed by atoms with Gasteiger partial charge in [0.2, 0.25) is 0 Å². The van der Waals surface area contributed by atoms with Crippen LogP contribution < -0.4 is 5.32 Å². The van der Waals surface area contributed by atoms with Crippen molar-refractivity contribution >= 4 is 11.6 Å². The summed E-state index contributed by atoms with van der Waals surface area (Å²) in [4.78, 5) is 0. The fourth-order valence-electron chi connectivity index (χ4n) is 2.29. The normalized spacial score (nSPS) is 24.9. The molecule has 1 aromatic rings. The molecule has 0 spiro atoms. The van der Waals surface area contributed by atoms with Gasteiger partial charge >= 0.3 is 0 Å². The Labute approximate surface area is 102 Å². The van der Waals surface area contributed by atoms with E-state index in [2.05, 4.69) is 5.32 Å². The molecule has 1 aromatic carbocycles. The molecule has 1 aliphatic carbocycles. The maximum absolute atomic E-state index is 9.06.